The maximum absolute atomic E-state index is 11.1. The average molecular weight is 239 g/mol. The van der Waals surface area contributed by atoms with E-state index in [2.05, 4.69) is 22.8 Å². The van der Waals surface area contributed by atoms with Crippen LogP contribution in [0.2, 0.25) is 0 Å². The molecule has 3 nitrogen and oxygen atoms in total. The summed E-state index contributed by atoms with van der Waals surface area (Å²) in [7, 11) is 0. The molecule has 0 atom stereocenters. The third kappa shape index (κ3) is 2.44. The highest BCUT2D eigenvalue weighted by Crippen LogP contribution is 2.36. The minimum absolute atomic E-state index is 0.0439. The van der Waals surface area contributed by atoms with Gasteiger partial charge in [0.05, 0.1) is 0 Å². The van der Waals surface area contributed by atoms with Crippen molar-refractivity contribution in [2.45, 2.75) is 25.2 Å². The number of rotatable bonds is 3. The molecule has 1 N–H and O–H groups in total. The number of nitrogens with one attached hydrogen (secondary N) is 1. The number of ether oxygens (including phenoxy) is 1. The smallest absolute Gasteiger partial charge is 0.216 e. The van der Waals surface area contributed by atoms with Gasteiger partial charge in [0.25, 0.3) is 0 Å². The first-order valence-corrected chi connectivity index (χ1v) is 6.47. The first-order valence-electron chi connectivity index (χ1n) is 5.59. The van der Waals surface area contributed by atoms with Crippen molar-refractivity contribution in [2.24, 2.45) is 0 Å². The molecular formula is C12H17NO2S. The zero-order valence-corrected chi connectivity index (χ0v) is 10.3. The Morgan fingerprint density at radius 3 is 2.88 bits per heavy atom. The summed E-state index contributed by atoms with van der Waals surface area (Å²) in [5, 5.41) is 5.05. The first kappa shape index (κ1) is 11.6. The van der Waals surface area contributed by atoms with E-state index in [0.29, 0.717) is 0 Å². The lowest BCUT2D eigenvalue weighted by Gasteiger charge is -2.36. The van der Waals surface area contributed by atoms with E-state index < -0.39 is 0 Å². The molecule has 1 aromatic heterocycles. The molecule has 4 heteroatoms. The molecule has 0 spiro atoms. The second-order valence-corrected chi connectivity index (χ2v) is 5.23. The van der Waals surface area contributed by atoms with Gasteiger partial charge in [0.1, 0.15) is 0 Å². The minimum atomic E-state index is 0.0439. The maximum Gasteiger partial charge on any atom is 0.216 e. The normalized spacial score (nSPS) is 19.3. The Bertz CT molecular complexity index is 342. The van der Waals surface area contributed by atoms with Crippen LogP contribution in [0.25, 0.3) is 0 Å². The summed E-state index contributed by atoms with van der Waals surface area (Å²) in [5.74, 6) is 0.0439. The number of hydrogen-bond donors (Lipinski definition) is 1. The van der Waals surface area contributed by atoms with Crippen LogP contribution in [0.4, 0.5) is 0 Å². The van der Waals surface area contributed by atoms with Crippen LogP contribution >= 0.6 is 11.3 Å². The summed E-state index contributed by atoms with van der Waals surface area (Å²) in [6.07, 6.45) is 1.99. The largest absolute Gasteiger partial charge is 0.381 e. The zero-order valence-electron chi connectivity index (χ0n) is 9.49. The Balaban J connectivity index is 2.15. The summed E-state index contributed by atoms with van der Waals surface area (Å²) in [6.45, 7) is 3.88. The molecule has 0 bridgehead atoms. The monoisotopic (exact) mass is 239 g/mol. The van der Waals surface area contributed by atoms with Gasteiger partial charge < -0.3 is 10.1 Å². The van der Waals surface area contributed by atoms with Crippen LogP contribution in [-0.2, 0) is 14.9 Å². The molecule has 1 aliphatic rings. The fourth-order valence-corrected chi connectivity index (χ4v) is 3.13. The number of carbonyl (C=O) groups is 1. The summed E-state index contributed by atoms with van der Waals surface area (Å²) in [4.78, 5) is 12.4. The fourth-order valence-electron chi connectivity index (χ4n) is 2.15. The van der Waals surface area contributed by atoms with Crippen LogP contribution in [0.5, 0.6) is 0 Å². The van der Waals surface area contributed by atoms with Gasteiger partial charge in [0.15, 0.2) is 0 Å². The average Bonchev–Trinajstić information content (AvgIpc) is 2.82. The maximum atomic E-state index is 11.1. The molecule has 0 aromatic carbocycles. The lowest BCUT2D eigenvalue weighted by molar-refractivity contribution is -0.119. The summed E-state index contributed by atoms with van der Waals surface area (Å²) in [5.41, 5.74) is 0.0953. The number of thiophene rings is 1. The van der Waals surface area contributed by atoms with E-state index in [1.54, 1.807) is 18.3 Å². The zero-order chi connectivity index (χ0) is 11.4. The minimum Gasteiger partial charge on any atom is -0.381 e. The van der Waals surface area contributed by atoms with Crippen molar-refractivity contribution >= 4 is 17.2 Å². The second-order valence-electron chi connectivity index (χ2n) is 4.28. The van der Waals surface area contributed by atoms with E-state index >= 15 is 0 Å². The van der Waals surface area contributed by atoms with E-state index in [-0.39, 0.29) is 11.3 Å². The van der Waals surface area contributed by atoms with Crippen LogP contribution in [-0.4, -0.2) is 25.7 Å². The number of amides is 1. The van der Waals surface area contributed by atoms with Gasteiger partial charge in [0, 0.05) is 37.0 Å². The van der Waals surface area contributed by atoms with Crippen LogP contribution in [0.3, 0.4) is 0 Å². The SMILES string of the molecule is CC(=O)NCC1(c2cccs2)CCOCC1. The molecule has 0 unspecified atom stereocenters. The Hall–Kier alpha value is -0.870. The predicted octanol–water partition coefficient (Wildman–Crippen LogP) is 1.93. The molecule has 0 saturated carbocycles. The van der Waals surface area contributed by atoms with Crippen LogP contribution in [0.1, 0.15) is 24.6 Å². The van der Waals surface area contributed by atoms with Gasteiger partial charge in [-0.2, -0.15) is 0 Å². The molecule has 1 saturated heterocycles. The topological polar surface area (TPSA) is 38.3 Å². The number of carbonyl (C=O) groups excluding carboxylic acids is 1. The second kappa shape index (κ2) is 4.97. The Morgan fingerprint density at radius 2 is 2.31 bits per heavy atom. The molecule has 1 aliphatic heterocycles. The van der Waals surface area contributed by atoms with Crippen molar-refractivity contribution in [1.29, 1.82) is 0 Å². The lowest BCUT2D eigenvalue weighted by atomic mass is 9.78. The van der Waals surface area contributed by atoms with Crippen LogP contribution in [0.15, 0.2) is 17.5 Å². The Kier molecular flexibility index (Phi) is 3.61. The third-order valence-electron chi connectivity index (χ3n) is 3.17. The highest BCUT2D eigenvalue weighted by molar-refractivity contribution is 7.10. The van der Waals surface area contributed by atoms with Crippen molar-refractivity contribution in [3.05, 3.63) is 22.4 Å². The molecule has 2 heterocycles. The highest BCUT2D eigenvalue weighted by atomic mass is 32.1. The van der Waals surface area contributed by atoms with E-state index in [4.69, 9.17) is 4.74 Å². The van der Waals surface area contributed by atoms with Gasteiger partial charge in [-0.3, -0.25) is 4.79 Å². The summed E-state index contributed by atoms with van der Waals surface area (Å²) < 4.78 is 5.42. The van der Waals surface area contributed by atoms with E-state index in [0.717, 1.165) is 32.6 Å². The molecule has 16 heavy (non-hydrogen) atoms. The van der Waals surface area contributed by atoms with E-state index in [1.165, 1.54) is 4.88 Å². The molecule has 0 radical (unpaired) electrons. The van der Waals surface area contributed by atoms with Gasteiger partial charge in [-0.25, -0.2) is 0 Å². The molecule has 1 amide bonds. The van der Waals surface area contributed by atoms with Gasteiger partial charge in [-0.15, -0.1) is 11.3 Å². The Morgan fingerprint density at radius 1 is 1.56 bits per heavy atom. The van der Waals surface area contributed by atoms with Crippen molar-refractivity contribution < 1.29 is 9.53 Å². The van der Waals surface area contributed by atoms with Gasteiger partial charge in [-0.1, -0.05) is 6.07 Å². The lowest BCUT2D eigenvalue weighted by Crippen LogP contribution is -2.43. The molecular weight excluding hydrogens is 222 g/mol. The first-order chi connectivity index (χ1) is 7.73. The van der Waals surface area contributed by atoms with Gasteiger partial charge in [0.2, 0.25) is 5.91 Å². The molecule has 2 rings (SSSR count). The molecule has 0 aliphatic carbocycles. The summed E-state index contributed by atoms with van der Waals surface area (Å²) in [6, 6.07) is 4.24. The third-order valence-corrected chi connectivity index (χ3v) is 4.29. The van der Waals surface area contributed by atoms with Gasteiger partial charge in [-0.05, 0) is 24.3 Å². The van der Waals surface area contributed by atoms with Crippen molar-refractivity contribution in [2.75, 3.05) is 19.8 Å². The molecule has 1 aromatic rings. The van der Waals surface area contributed by atoms with Crippen molar-refractivity contribution in [3.63, 3.8) is 0 Å². The quantitative estimate of drug-likeness (QED) is 0.875. The van der Waals surface area contributed by atoms with E-state index in [1.807, 2.05) is 0 Å². The van der Waals surface area contributed by atoms with Crippen molar-refractivity contribution in [1.82, 2.24) is 5.32 Å². The Labute approximate surface area is 99.8 Å². The number of hydrogen-bond acceptors (Lipinski definition) is 3. The van der Waals surface area contributed by atoms with Gasteiger partial charge >= 0.3 is 0 Å². The molecule has 1 fully saturated rings. The standard InChI is InChI=1S/C12H17NO2S/c1-10(14)13-9-12(4-6-15-7-5-12)11-3-2-8-16-11/h2-3,8H,4-7,9H2,1H3,(H,13,14). The fraction of sp³-hybridized carbons (Fsp3) is 0.583. The van der Waals surface area contributed by atoms with Crippen LogP contribution < -0.4 is 5.32 Å². The van der Waals surface area contributed by atoms with Crippen molar-refractivity contribution in [3.8, 4) is 0 Å². The highest BCUT2D eigenvalue weighted by Gasteiger charge is 2.35. The van der Waals surface area contributed by atoms with Crippen LogP contribution in [0, 0.1) is 0 Å². The molecule has 88 valence electrons. The summed E-state index contributed by atoms with van der Waals surface area (Å²) >= 11 is 1.77. The van der Waals surface area contributed by atoms with E-state index in [9.17, 15) is 4.79 Å². The predicted molar refractivity (Wildman–Crippen MR) is 64.7 cm³/mol.